The maximum absolute atomic E-state index is 3.61. The summed E-state index contributed by atoms with van der Waals surface area (Å²) in [6.07, 6.45) is 7.03. The zero-order valence-corrected chi connectivity index (χ0v) is 10.6. The van der Waals surface area contributed by atoms with Gasteiger partial charge in [0.1, 0.15) is 0 Å². The summed E-state index contributed by atoms with van der Waals surface area (Å²) in [6.45, 7) is 9.58. The Bertz CT molecular complexity index is 207. The van der Waals surface area contributed by atoms with Crippen molar-refractivity contribution in [2.45, 2.75) is 70.5 Å². The van der Waals surface area contributed by atoms with E-state index in [1.54, 1.807) is 0 Å². The maximum atomic E-state index is 3.61. The van der Waals surface area contributed by atoms with Gasteiger partial charge >= 0.3 is 0 Å². The van der Waals surface area contributed by atoms with Gasteiger partial charge in [0, 0.05) is 24.2 Å². The lowest BCUT2D eigenvalue weighted by Gasteiger charge is -2.42. The third kappa shape index (κ3) is 2.54. The van der Waals surface area contributed by atoms with Gasteiger partial charge in [-0.25, -0.2) is 0 Å². The van der Waals surface area contributed by atoms with Crippen molar-refractivity contribution in [1.82, 2.24) is 10.2 Å². The molecule has 0 aromatic rings. The molecule has 0 aromatic heterocycles. The molecule has 1 unspecified atom stereocenters. The molecule has 1 N–H and O–H groups in total. The second-order valence-corrected chi connectivity index (χ2v) is 6.01. The van der Waals surface area contributed by atoms with E-state index in [4.69, 9.17) is 0 Å². The van der Waals surface area contributed by atoms with Crippen molar-refractivity contribution >= 4 is 0 Å². The number of rotatable bonds is 1. The van der Waals surface area contributed by atoms with Crippen molar-refractivity contribution in [3.63, 3.8) is 0 Å². The van der Waals surface area contributed by atoms with Crippen LogP contribution in [0.1, 0.15) is 52.9 Å². The lowest BCUT2D eigenvalue weighted by molar-refractivity contribution is 0.0717. The average Bonchev–Trinajstić information content (AvgIpc) is 2.62. The van der Waals surface area contributed by atoms with Crippen molar-refractivity contribution in [2.75, 3.05) is 13.1 Å². The minimum absolute atomic E-state index is 0.396. The van der Waals surface area contributed by atoms with Gasteiger partial charge in [0.05, 0.1) is 0 Å². The fourth-order valence-electron chi connectivity index (χ4n) is 3.23. The van der Waals surface area contributed by atoms with E-state index in [9.17, 15) is 0 Å². The summed E-state index contributed by atoms with van der Waals surface area (Å²) < 4.78 is 0. The Balaban J connectivity index is 2.08. The molecule has 0 radical (unpaired) electrons. The molecule has 2 aliphatic rings. The molecule has 0 spiro atoms. The molecule has 88 valence electrons. The standard InChI is InChI=1S/C13H26N2/c1-11-10-15(12-6-4-5-7-12)13(2,3)8-9-14-11/h11-12,14H,4-10H2,1-3H3. The van der Waals surface area contributed by atoms with E-state index in [-0.39, 0.29) is 0 Å². The van der Waals surface area contributed by atoms with E-state index in [0.29, 0.717) is 11.6 Å². The van der Waals surface area contributed by atoms with Crippen LogP contribution < -0.4 is 5.32 Å². The molecule has 2 nitrogen and oxygen atoms in total. The number of nitrogens with zero attached hydrogens (tertiary/aromatic N) is 1. The normalized spacial score (nSPS) is 34.2. The third-order valence-electron chi connectivity index (χ3n) is 4.24. The quantitative estimate of drug-likeness (QED) is 0.715. The van der Waals surface area contributed by atoms with Gasteiger partial charge in [0.25, 0.3) is 0 Å². The van der Waals surface area contributed by atoms with Gasteiger partial charge in [0.2, 0.25) is 0 Å². The Labute approximate surface area is 94.4 Å². The monoisotopic (exact) mass is 210 g/mol. The van der Waals surface area contributed by atoms with E-state index in [1.807, 2.05) is 0 Å². The fourth-order valence-corrected chi connectivity index (χ4v) is 3.23. The molecule has 2 fully saturated rings. The van der Waals surface area contributed by atoms with Gasteiger partial charge in [-0.05, 0) is 46.6 Å². The molecule has 0 amide bonds. The predicted octanol–water partition coefficient (Wildman–Crippen LogP) is 2.39. The molecule has 1 heterocycles. The Kier molecular flexibility index (Phi) is 3.36. The molecule has 1 aliphatic heterocycles. The minimum atomic E-state index is 0.396. The molecule has 1 atom stereocenters. The van der Waals surface area contributed by atoms with Crippen LogP contribution in [0.5, 0.6) is 0 Å². The Morgan fingerprint density at radius 3 is 2.53 bits per heavy atom. The highest BCUT2D eigenvalue weighted by Gasteiger charge is 2.36. The van der Waals surface area contributed by atoms with Crippen LogP contribution in [-0.4, -0.2) is 35.6 Å². The van der Waals surface area contributed by atoms with Gasteiger partial charge < -0.3 is 5.32 Å². The average molecular weight is 210 g/mol. The van der Waals surface area contributed by atoms with E-state index in [2.05, 4.69) is 31.0 Å². The number of nitrogens with one attached hydrogen (secondary N) is 1. The Morgan fingerprint density at radius 2 is 1.87 bits per heavy atom. The topological polar surface area (TPSA) is 15.3 Å². The van der Waals surface area contributed by atoms with Crippen LogP contribution in [0, 0.1) is 0 Å². The van der Waals surface area contributed by atoms with Gasteiger partial charge in [-0.15, -0.1) is 0 Å². The zero-order chi connectivity index (χ0) is 10.9. The molecule has 0 aromatic carbocycles. The van der Waals surface area contributed by atoms with Gasteiger partial charge in [0.15, 0.2) is 0 Å². The summed E-state index contributed by atoms with van der Waals surface area (Å²) in [5.41, 5.74) is 0.396. The van der Waals surface area contributed by atoms with Crippen LogP contribution in [0.4, 0.5) is 0 Å². The van der Waals surface area contributed by atoms with Crippen molar-refractivity contribution < 1.29 is 0 Å². The van der Waals surface area contributed by atoms with Crippen molar-refractivity contribution in [3.05, 3.63) is 0 Å². The first-order valence-corrected chi connectivity index (χ1v) is 6.60. The van der Waals surface area contributed by atoms with E-state index >= 15 is 0 Å². The van der Waals surface area contributed by atoms with E-state index in [1.165, 1.54) is 45.2 Å². The molecular formula is C13H26N2. The van der Waals surface area contributed by atoms with Crippen LogP contribution >= 0.6 is 0 Å². The number of hydrogen-bond acceptors (Lipinski definition) is 2. The summed E-state index contributed by atoms with van der Waals surface area (Å²) in [7, 11) is 0. The second-order valence-electron chi connectivity index (χ2n) is 6.01. The summed E-state index contributed by atoms with van der Waals surface area (Å²) >= 11 is 0. The second kappa shape index (κ2) is 4.42. The van der Waals surface area contributed by atoms with Crippen molar-refractivity contribution in [1.29, 1.82) is 0 Å². The first-order chi connectivity index (χ1) is 7.09. The highest BCUT2D eigenvalue weighted by Crippen LogP contribution is 2.31. The third-order valence-corrected chi connectivity index (χ3v) is 4.24. The summed E-state index contributed by atoms with van der Waals surface area (Å²) in [4.78, 5) is 2.78. The minimum Gasteiger partial charge on any atom is -0.313 e. The van der Waals surface area contributed by atoms with Crippen LogP contribution in [0.25, 0.3) is 0 Å². The zero-order valence-electron chi connectivity index (χ0n) is 10.6. The Hall–Kier alpha value is -0.0800. The molecule has 1 saturated heterocycles. The molecule has 2 rings (SSSR count). The van der Waals surface area contributed by atoms with Gasteiger partial charge in [-0.1, -0.05) is 12.8 Å². The van der Waals surface area contributed by atoms with Gasteiger partial charge in [-0.3, -0.25) is 4.90 Å². The van der Waals surface area contributed by atoms with E-state index in [0.717, 1.165) is 6.04 Å². The smallest absolute Gasteiger partial charge is 0.0168 e. The van der Waals surface area contributed by atoms with E-state index < -0.39 is 0 Å². The molecule has 15 heavy (non-hydrogen) atoms. The van der Waals surface area contributed by atoms with Crippen LogP contribution in [0.15, 0.2) is 0 Å². The summed E-state index contributed by atoms with van der Waals surface area (Å²) in [5, 5.41) is 3.61. The summed E-state index contributed by atoms with van der Waals surface area (Å²) in [5.74, 6) is 0. The molecule has 1 saturated carbocycles. The van der Waals surface area contributed by atoms with Crippen molar-refractivity contribution in [3.8, 4) is 0 Å². The van der Waals surface area contributed by atoms with Crippen LogP contribution in [0.2, 0.25) is 0 Å². The first-order valence-electron chi connectivity index (χ1n) is 6.60. The SMILES string of the molecule is CC1CN(C2CCCC2)C(C)(C)CCN1. The maximum Gasteiger partial charge on any atom is 0.0168 e. The first kappa shape index (κ1) is 11.4. The van der Waals surface area contributed by atoms with Crippen LogP contribution in [-0.2, 0) is 0 Å². The Morgan fingerprint density at radius 1 is 1.20 bits per heavy atom. The largest absolute Gasteiger partial charge is 0.313 e. The highest BCUT2D eigenvalue weighted by atomic mass is 15.2. The fraction of sp³-hybridized carbons (Fsp3) is 1.00. The molecular weight excluding hydrogens is 184 g/mol. The lowest BCUT2D eigenvalue weighted by atomic mass is 9.95. The number of hydrogen-bond donors (Lipinski definition) is 1. The summed E-state index contributed by atoms with van der Waals surface area (Å²) in [6, 6.07) is 1.52. The van der Waals surface area contributed by atoms with Gasteiger partial charge in [-0.2, -0.15) is 0 Å². The predicted molar refractivity (Wildman–Crippen MR) is 65.1 cm³/mol. The van der Waals surface area contributed by atoms with Crippen molar-refractivity contribution in [2.24, 2.45) is 0 Å². The lowest BCUT2D eigenvalue weighted by Crippen LogP contribution is -2.50. The van der Waals surface area contributed by atoms with Crippen LogP contribution in [0.3, 0.4) is 0 Å². The molecule has 0 bridgehead atoms. The molecule has 2 heteroatoms. The highest BCUT2D eigenvalue weighted by molar-refractivity contribution is 4.93. The molecule has 1 aliphatic carbocycles.